The normalized spacial score (nSPS) is 11.8. The highest BCUT2D eigenvalue weighted by Gasteiger charge is 2.19. The summed E-state index contributed by atoms with van der Waals surface area (Å²) in [6.07, 6.45) is 0.806. The number of ketones is 1. The fourth-order valence-corrected chi connectivity index (χ4v) is 2.05. The van der Waals surface area contributed by atoms with Gasteiger partial charge in [-0.3, -0.25) is 4.79 Å². The highest BCUT2D eigenvalue weighted by molar-refractivity contribution is 6.30. The highest BCUT2D eigenvalue weighted by atomic mass is 35.5. The Bertz CT molecular complexity index is 667. The van der Waals surface area contributed by atoms with Gasteiger partial charge < -0.3 is 14.5 Å². The topological polar surface area (TPSA) is 68.4 Å². The van der Waals surface area contributed by atoms with Gasteiger partial charge in [0, 0.05) is 11.2 Å². The number of H-pyrrole nitrogens is 1. The second-order valence-corrected chi connectivity index (χ2v) is 5.22. The minimum Gasteiger partial charge on any atom is -0.479 e. The summed E-state index contributed by atoms with van der Waals surface area (Å²) in [6, 6.07) is 8.42. The number of Topliss-reactive ketones (excluding diaryl/α,β-unsaturated/α-hetero) is 1. The lowest BCUT2D eigenvalue weighted by Crippen LogP contribution is -2.28. The van der Waals surface area contributed by atoms with E-state index in [-0.39, 0.29) is 12.4 Å². The van der Waals surface area contributed by atoms with Gasteiger partial charge in [-0.1, -0.05) is 11.6 Å². The van der Waals surface area contributed by atoms with Gasteiger partial charge in [-0.25, -0.2) is 4.79 Å². The fraction of sp³-hybridized carbons (Fsp3) is 0.250. The van der Waals surface area contributed by atoms with Crippen LogP contribution in [0.2, 0.25) is 5.02 Å². The van der Waals surface area contributed by atoms with E-state index in [0.717, 1.165) is 5.56 Å². The molecule has 0 unspecified atom stereocenters. The molecule has 0 spiro atoms. The van der Waals surface area contributed by atoms with Crippen LogP contribution >= 0.6 is 11.6 Å². The maximum atomic E-state index is 11.9. The molecule has 0 saturated carbocycles. The van der Waals surface area contributed by atoms with Crippen LogP contribution in [0.3, 0.4) is 0 Å². The third kappa shape index (κ3) is 4.11. The van der Waals surface area contributed by atoms with Gasteiger partial charge in [-0.15, -0.1) is 0 Å². The summed E-state index contributed by atoms with van der Waals surface area (Å²) in [6.45, 7) is 3.07. The van der Waals surface area contributed by atoms with Crippen molar-refractivity contribution >= 4 is 23.4 Å². The zero-order valence-corrected chi connectivity index (χ0v) is 13.0. The Kier molecular flexibility index (Phi) is 5.22. The van der Waals surface area contributed by atoms with Crippen LogP contribution in [0.25, 0.3) is 0 Å². The third-order valence-corrected chi connectivity index (χ3v) is 3.25. The molecule has 1 atom stereocenters. The molecule has 0 aliphatic rings. The average molecular weight is 322 g/mol. The molecular formula is C16H16ClNO4. The molecule has 0 amide bonds. The molecule has 0 bridgehead atoms. The smallest absolute Gasteiger partial charge is 0.347 e. The van der Waals surface area contributed by atoms with E-state index in [2.05, 4.69) is 4.98 Å². The molecular weight excluding hydrogens is 306 g/mol. The number of rotatable bonds is 6. The third-order valence-electron chi connectivity index (χ3n) is 3.02. The van der Waals surface area contributed by atoms with Crippen molar-refractivity contribution < 1.29 is 19.1 Å². The number of carbonyl (C=O) groups is 2. The summed E-state index contributed by atoms with van der Waals surface area (Å²) >= 11 is 5.86. The largest absolute Gasteiger partial charge is 0.479 e. The summed E-state index contributed by atoms with van der Waals surface area (Å²) in [4.78, 5) is 26.3. The van der Waals surface area contributed by atoms with Crippen molar-refractivity contribution in [2.24, 2.45) is 0 Å². The number of carbonyl (C=O) groups excluding carboxylic acids is 2. The van der Waals surface area contributed by atoms with Crippen molar-refractivity contribution in [1.29, 1.82) is 0 Å². The zero-order valence-electron chi connectivity index (χ0n) is 12.3. The van der Waals surface area contributed by atoms with E-state index in [0.29, 0.717) is 16.5 Å². The summed E-state index contributed by atoms with van der Waals surface area (Å²) in [7, 11) is 0. The summed E-state index contributed by atoms with van der Waals surface area (Å²) < 4.78 is 10.5. The van der Waals surface area contributed by atoms with Crippen LogP contribution in [0.15, 0.2) is 36.5 Å². The van der Waals surface area contributed by atoms with Gasteiger partial charge in [0.2, 0.25) is 5.78 Å². The molecule has 1 N–H and O–H groups in total. The van der Waals surface area contributed by atoms with Gasteiger partial charge in [0.25, 0.3) is 0 Å². The first-order valence-corrected chi connectivity index (χ1v) is 7.11. The molecule has 116 valence electrons. The van der Waals surface area contributed by atoms with Crippen LogP contribution in [-0.4, -0.2) is 29.4 Å². The number of ether oxygens (including phenoxy) is 2. The minimum atomic E-state index is -0.823. The van der Waals surface area contributed by atoms with Crippen molar-refractivity contribution in [3.8, 4) is 5.75 Å². The number of aromatic nitrogens is 1. The van der Waals surface area contributed by atoms with Crippen molar-refractivity contribution in [3.05, 3.63) is 52.8 Å². The molecule has 1 aromatic carbocycles. The van der Waals surface area contributed by atoms with Crippen molar-refractivity contribution in [2.45, 2.75) is 20.0 Å². The molecule has 0 fully saturated rings. The molecule has 0 radical (unpaired) electrons. The molecule has 5 nitrogen and oxygen atoms in total. The predicted molar refractivity (Wildman–Crippen MR) is 82.4 cm³/mol. The Morgan fingerprint density at radius 3 is 2.73 bits per heavy atom. The first-order valence-electron chi connectivity index (χ1n) is 6.73. The highest BCUT2D eigenvalue weighted by Crippen LogP contribution is 2.23. The average Bonchev–Trinajstić information content (AvgIpc) is 3.01. The molecule has 0 saturated heterocycles. The van der Waals surface area contributed by atoms with E-state index in [1.807, 2.05) is 6.92 Å². The van der Waals surface area contributed by atoms with Crippen LogP contribution in [0, 0.1) is 6.92 Å². The molecule has 0 aliphatic carbocycles. The molecule has 22 heavy (non-hydrogen) atoms. The number of nitrogens with one attached hydrogen (secondary N) is 1. The maximum Gasteiger partial charge on any atom is 0.347 e. The summed E-state index contributed by atoms with van der Waals surface area (Å²) in [5.41, 5.74) is 1.21. The van der Waals surface area contributed by atoms with Crippen LogP contribution in [-0.2, 0) is 9.53 Å². The fourth-order valence-electron chi connectivity index (χ4n) is 1.82. The van der Waals surface area contributed by atoms with Crippen LogP contribution in [0.5, 0.6) is 5.75 Å². The predicted octanol–water partition coefficient (Wildman–Crippen LogP) is 3.17. The van der Waals surface area contributed by atoms with Crippen molar-refractivity contribution in [2.75, 3.05) is 6.61 Å². The Morgan fingerprint density at radius 1 is 1.32 bits per heavy atom. The SMILES string of the molecule is Cc1cc(Cl)ccc1O[C@@H](C)C(=O)OCC(=O)c1ccc[nH]1. The molecule has 6 heteroatoms. The number of aryl methyl sites for hydroxylation is 1. The lowest BCUT2D eigenvalue weighted by molar-refractivity contribution is -0.149. The number of esters is 1. The van der Waals surface area contributed by atoms with Gasteiger partial charge in [0.15, 0.2) is 12.7 Å². The first kappa shape index (κ1) is 16.1. The number of hydrogen-bond acceptors (Lipinski definition) is 4. The van der Waals surface area contributed by atoms with Crippen LogP contribution in [0.1, 0.15) is 23.0 Å². The maximum absolute atomic E-state index is 11.9. The first-order chi connectivity index (χ1) is 10.5. The number of hydrogen-bond donors (Lipinski definition) is 1. The molecule has 1 heterocycles. The Labute approximate surface area is 133 Å². The van der Waals surface area contributed by atoms with E-state index < -0.39 is 12.1 Å². The number of aromatic amines is 1. The van der Waals surface area contributed by atoms with Gasteiger partial charge in [-0.05, 0) is 49.7 Å². The molecule has 2 aromatic rings. The lowest BCUT2D eigenvalue weighted by Gasteiger charge is -2.15. The van der Waals surface area contributed by atoms with E-state index >= 15 is 0 Å². The molecule has 2 rings (SSSR count). The molecule has 0 aliphatic heterocycles. The summed E-state index contributed by atoms with van der Waals surface area (Å²) in [5.74, 6) is -0.355. The van der Waals surface area contributed by atoms with Gasteiger partial charge in [0.1, 0.15) is 5.75 Å². The number of halogens is 1. The van der Waals surface area contributed by atoms with E-state index in [4.69, 9.17) is 21.1 Å². The van der Waals surface area contributed by atoms with E-state index in [9.17, 15) is 9.59 Å². The second kappa shape index (κ2) is 7.13. The Morgan fingerprint density at radius 2 is 2.09 bits per heavy atom. The van der Waals surface area contributed by atoms with Gasteiger partial charge in [0.05, 0.1) is 5.69 Å². The zero-order chi connectivity index (χ0) is 16.1. The van der Waals surface area contributed by atoms with E-state index in [1.54, 1.807) is 43.5 Å². The quantitative estimate of drug-likeness (QED) is 0.655. The molecule has 1 aromatic heterocycles. The Hall–Kier alpha value is -2.27. The van der Waals surface area contributed by atoms with Gasteiger partial charge in [-0.2, -0.15) is 0 Å². The second-order valence-electron chi connectivity index (χ2n) is 4.78. The Balaban J connectivity index is 1.88. The van der Waals surface area contributed by atoms with Crippen molar-refractivity contribution in [3.63, 3.8) is 0 Å². The van der Waals surface area contributed by atoms with Crippen molar-refractivity contribution in [1.82, 2.24) is 4.98 Å². The minimum absolute atomic E-state index is 0.298. The standard InChI is InChI=1S/C16H16ClNO4/c1-10-8-12(17)5-6-15(10)22-11(2)16(20)21-9-14(19)13-4-3-7-18-13/h3-8,11,18H,9H2,1-2H3/t11-/m0/s1. The van der Waals surface area contributed by atoms with Gasteiger partial charge >= 0.3 is 5.97 Å². The van der Waals surface area contributed by atoms with E-state index in [1.165, 1.54) is 0 Å². The van der Waals surface area contributed by atoms with Crippen LogP contribution < -0.4 is 4.74 Å². The van der Waals surface area contributed by atoms with Crippen LogP contribution in [0.4, 0.5) is 0 Å². The summed E-state index contributed by atoms with van der Waals surface area (Å²) in [5, 5.41) is 0.594. The lowest BCUT2D eigenvalue weighted by atomic mass is 10.2. The monoisotopic (exact) mass is 321 g/mol. The number of benzene rings is 1.